The Morgan fingerprint density at radius 3 is 2.00 bits per heavy atom. The predicted octanol–water partition coefficient (Wildman–Crippen LogP) is 2.84. The number of nitrogens with one attached hydrogen (secondary N) is 3. The maximum absolute atomic E-state index is 12.1. The minimum absolute atomic E-state index is 0.125. The van der Waals surface area contributed by atoms with E-state index in [-0.39, 0.29) is 11.8 Å². The van der Waals surface area contributed by atoms with Crippen LogP contribution < -0.4 is 10.6 Å². The number of H-pyrrole nitrogens is 1. The van der Waals surface area contributed by atoms with E-state index in [0.29, 0.717) is 16.9 Å². The zero-order chi connectivity index (χ0) is 14.7. The smallest absolute Gasteiger partial charge is 0.257 e. The van der Waals surface area contributed by atoms with Crippen LogP contribution in [0.3, 0.4) is 0 Å². The highest BCUT2D eigenvalue weighted by molar-refractivity contribution is 6.05. The first-order chi connectivity index (χ1) is 9.45. The van der Waals surface area contributed by atoms with E-state index in [0.717, 1.165) is 11.4 Å². The third-order valence-electron chi connectivity index (χ3n) is 2.86. The van der Waals surface area contributed by atoms with Gasteiger partial charge in [-0.1, -0.05) is 0 Å². The molecule has 1 aromatic carbocycles. The van der Waals surface area contributed by atoms with Gasteiger partial charge in [0, 0.05) is 29.7 Å². The van der Waals surface area contributed by atoms with Gasteiger partial charge in [-0.25, -0.2) is 0 Å². The third-order valence-corrected chi connectivity index (χ3v) is 2.86. The van der Waals surface area contributed by atoms with Gasteiger partial charge in [0.15, 0.2) is 0 Å². The van der Waals surface area contributed by atoms with Crippen molar-refractivity contribution in [2.45, 2.75) is 20.8 Å². The number of rotatable bonds is 3. The highest BCUT2D eigenvalue weighted by atomic mass is 16.2. The summed E-state index contributed by atoms with van der Waals surface area (Å²) < 4.78 is 0. The molecule has 0 radical (unpaired) electrons. The van der Waals surface area contributed by atoms with Gasteiger partial charge in [0.2, 0.25) is 5.91 Å². The lowest BCUT2D eigenvalue weighted by molar-refractivity contribution is -0.114. The predicted molar refractivity (Wildman–Crippen MR) is 79.0 cm³/mol. The molecule has 104 valence electrons. The zero-order valence-corrected chi connectivity index (χ0v) is 11.7. The summed E-state index contributed by atoms with van der Waals surface area (Å²) in [6.45, 7) is 5.22. The molecule has 5 heteroatoms. The Kier molecular flexibility index (Phi) is 3.89. The van der Waals surface area contributed by atoms with Gasteiger partial charge >= 0.3 is 0 Å². The fourth-order valence-electron chi connectivity index (χ4n) is 2.00. The molecule has 0 bridgehead atoms. The number of amides is 2. The first-order valence-corrected chi connectivity index (χ1v) is 6.31. The van der Waals surface area contributed by atoms with Crippen LogP contribution in [0.25, 0.3) is 0 Å². The minimum Gasteiger partial charge on any atom is -0.362 e. The van der Waals surface area contributed by atoms with E-state index in [1.54, 1.807) is 24.3 Å². The van der Waals surface area contributed by atoms with Crippen LogP contribution in [0.5, 0.6) is 0 Å². The number of aromatic amines is 1. The summed E-state index contributed by atoms with van der Waals surface area (Å²) in [6, 6.07) is 8.80. The average molecular weight is 271 g/mol. The van der Waals surface area contributed by atoms with Gasteiger partial charge in [-0.05, 0) is 44.2 Å². The Bertz CT molecular complexity index is 642. The van der Waals surface area contributed by atoms with Crippen molar-refractivity contribution >= 4 is 23.2 Å². The SMILES string of the molecule is CC(=O)Nc1ccc(NC(=O)c2cc(C)[nH]c2C)cc1. The molecule has 0 spiro atoms. The van der Waals surface area contributed by atoms with Gasteiger partial charge < -0.3 is 15.6 Å². The molecule has 3 N–H and O–H groups in total. The van der Waals surface area contributed by atoms with Crippen molar-refractivity contribution in [1.29, 1.82) is 0 Å². The van der Waals surface area contributed by atoms with E-state index >= 15 is 0 Å². The Hall–Kier alpha value is -2.56. The van der Waals surface area contributed by atoms with Crippen molar-refractivity contribution in [3.8, 4) is 0 Å². The topological polar surface area (TPSA) is 74.0 Å². The van der Waals surface area contributed by atoms with Gasteiger partial charge in [0.1, 0.15) is 0 Å². The molecule has 5 nitrogen and oxygen atoms in total. The molecule has 2 aromatic rings. The molecule has 0 aliphatic rings. The van der Waals surface area contributed by atoms with Gasteiger partial charge in [-0.3, -0.25) is 9.59 Å². The van der Waals surface area contributed by atoms with E-state index in [2.05, 4.69) is 15.6 Å². The number of aryl methyl sites for hydroxylation is 2. The summed E-state index contributed by atoms with van der Waals surface area (Å²) in [5.74, 6) is -0.278. The quantitative estimate of drug-likeness (QED) is 0.803. The van der Waals surface area contributed by atoms with E-state index in [9.17, 15) is 9.59 Å². The summed E-state index contributed by atoms with van der Waals surface area (Å²) in [4.78, 5) is 26.1. The van der Waals surface area contributed by atoms with Gasteiger partial charge in [0.05, 0.1) is 5.56 Å². The van der Waals surface area contributed by atoms with E-state index in [4.69, 9.17) is 0 Å². The van der Waals surface area contributed by atoms with Crippen LogP contribution in [0.15, 0.2) is 30.3 Å². The second kappa shape index (κ2) is 5.61. The summed E-state index contributed by atoms with van der Waals surface area (Å²) in [6.07, 6.45) is 0. The fourth-order valence-corrected chi connectivity index (χ4v) is 2.00. The summed E-state index contributed by atoms with van der Waals surface area (Å²) in [5.41, 5.74) is 3.81. The lowest BCUT2D eigenvalue weighted by Gasteiger charge is -2.06. The largest absolute Gasteiger partial charge is 0.362 e. The van der Waals surface area contributed by atoms with Crippen LogP contribution in [-0.4, -0.2) is 16.8 Å². The molecule has 0 saturated heterocycles. The number of benzene rings is 1. The van der Waals surface area contributed by atoms with Crippen molar-refractivity contribution in [2.24, 2.45) is 0 Å². The van der Waals surface area contributed by atoms with Crippen molar-refractivity contribution in [1.82, 2.24) is 4.98 Å². The average Bonchev–Trinajstić information content (AvgIpc) is 2.70. The molecule has 20 heavy (non-hydrogen) atoms. The molecule has 0 aliphatic heterocycles. The summed E-state index contributed by atoms with van der Waals surface area (Å²) in [7, 11) is 0. The fraction of sp³-hybridized carbons (Fsp3) is 0.200. The number of hydrogen-bond acceptors (Lipinski definition) is 2. The molecule has 2 amide bonds. The third kappa shape index (κ3) is 3.26. The lowest BCUT2D eigenvalue weighted by Crippen LogP contribution is -2.12. The molecule has 0 aliphatic carbocycles. The molecule has 0 saturated carbocycles. The maximum atomic E-state index is 12.1. The van der Waals surface area contributed by atoms with Crippen LogP contribution in [0.1, 0.15) is 28.7 Å². The Labute approximate surface area is 117 Å². The van der Waals surface area contributed by atoms with Gasteiger partial charge in [-0.15, -0.1) is 0 Å². The maximum Gasteiger partial charge on any atom is 0.257 e. The molecular weight excluding hydrogens is 254 g/mol. The number of carbonyl (C=O) groups is 2. The monoisotopic (exact) mass is 271 g/mol. The van der Waals surface area contributed by atoms with E-state index in [1.807, 2.05) is 19.9 Å². The highest BCUT2D eigenvalue weighted by Gasteiger charge is 2.11. The van der Waals surface area contributed by atoms with Crippen molar-refractivity contribution in [2.75, 3.05) is 10.6 Å². The summed E-state index contributed by atoms with van der Waals surface area (Å²) >= 11 is 0. The van der Waals surface area contributed by atoms with Crippen LogP contribution >= 0.6 is 0 Å². The number of anilines is 2. The van der Waals surface area contributed by atoms with Crippen molar-refractivity contribution < 1.29 is 9.59 Å². The van der Waals surface area contributed by atoms with Crippen molar-refractivity contribution in [3.05, 3.63) is 47.3 Å². The van der Waals surface area contributed by atoms with E-state index in [1.165, 1.54) is 6.92 Å². The molecule has 1 heterocycles. The first-order valence-electron chi connectivity index (χ1n) is 6.31. The van der Waals surface area contributed by atoms with Crippen LogP contribution in [0.2, 0.25) is 0 Å². The Morgan fingerprint density at radius 1 is 1.00 bits per heavy atom. The Morgan fingerprint density at radius 2 is 1.55 bits per heavy atom. The number of aromatic nitrogens is 1. The highest BCUT2D eigenvalue weighted by Crippen LogP contribution is 2.16. The van der Waals surface area contributed by atoms with Gasteiger partial charge in [-0.2, -0.15) is 0 Å². The van der Waals surface area contributed by atoms with E-state index < -0.39 is 0 Å². The lowest BCUT2D eigenvalue weighted by atomic mass is 10.2. The first kappa shape index (κ1) is 13.9. The zero-order valence-electron chi connectivity index (χ0n) is 11.7. The second-order valence-electron chi connectivity index (χ2n) is 4.70. The van der Waals surface area contributed by atoms with Crippen LogP contribution in [-0.2, 0) is 4.79 Å². The molecule has 1 aromatic heterocycles. The minimum atomic E-state index is -0.154. The molecule has 0 atom stereocenters. The van der Waals surface area contributed by atoms with Gasteiger partial charge in [0.25, 0.3) is 5.91 Å². The molecular formula is C15H17N3O2. The Balaban J connectivity index is 2.08. The molecule has 2 rings (SSSR count). The van der Waals surface area contributed by atoms with Crippen molar-refractivity contribution in [3.63, 3.8) is 0 Å². The normalized spacial score (nSPS) is 10.2. The van der Waals surface area contributed by atoms with Crippen LogP contribution in [0, 0.1) is 13.8 Å². The second-order valence-corrected chi connectivity index (χ2v) is 4.70. The summed E-state index contributed by atoms with van der Waals surface area (Å²) in [5, 5.41) is 5.49. The number of carbonyl (C=O) groups excluding carboxylic acids is 2. The molecule has 0 fully saturated rings. The standard InChI is InChI=1S/C15H17N3O2/c1-9-8-14(10(2)16-9)15(20)18-13-6-4-12(5-7-13)17-11(3)19/h4-8,16H,1-3H3,(H,17,19)(H,18,20). The van der Waals surface area contributed by atoms with Crippen LogP contribution in [0.4, 0.5) is 11.4 Å². The number of hydrogen-bond donors (Lipinski definition) is 3. The molecule has 0 unspecified atom stereocenters.